The summed E-state index contributed by atoms with van der Waals surface area (Å²) in [7, 11) is 0. The third kappa shape index (κ3) is 6.51. The number of carbonyl (C=O) groups excluding carboxylic acids is 1. The molecule has 2 fully saturated rings. The molecule has 1 saturated heterocycles. The van der Waals surface area contributed by atoms with Crippen molar-refractivity contribution in [1.29, 1.82) is 0 Å². The lowest BCUT2D eigenvalue weighted by atomic mass is 9.93. The third-order valence-electron chi connectivity index (χ3n) is 8.12. The van der Waals surface area contributed by atoms with Crippen molar-refractivity contribution in [1.82, 2.24) is 14.7 Å². The molecule has 0 bridgehead atoms. The average Bonchev–Trinajstić information content (AvgIpc) is 3.64. The molecule has 0 unspecified atom stereocenters. The highest BCUT2D eigenvalue weighted by molar-refractivity contribution is 9.10. The fraction of sp³-hybridized carbons (Fsp3) is 0.452. The lowest BCUT2D eigenvalue weighted by Crippen LogP contribution is -2.48. The first-order valence-electron chi connectivity index (χ1n) is 14.1. The van der Waals surface area contributed by atoms with E-state index in [0.29, 0.717) is 24.9 Å². The Morgan fingerprint density at radius 1 is 0.846 bits per heavy atom. The van der Waals surface area contributed by atoms with Crippen molar-refractivity contribution in [3.05, 3.63) is 81.7 Å². The van der Waals surface area contributed by atoms with Crippen LogP contribution >= 0.6 is 15.9 Å². The van der Waals surface area contributed by atoms with Crippen molar-refractivity contribution in [2.24, 2.45) is 0 Å². The van der Waals surface area contributed by atoms with E-state index >= 15 is 0 Å². The van der Waals surface area contributed by atoms with E-state index in [1.165, 1.54) is 43.2 Å². The average molecular weight is 595 g/mol. The van der Waals surface area contributed by atoms with Gasteiger partial charge in [-0.25, -0.2) is 0 Å². The highest BCUT2D eigenvalue weighted by Crippen LogP contribution is 2.33. The molecule has 1 saturated carbocycles. The first-order valence-corrected chi connectivity index (χ1v) is 14.9. The van der Waals surface area contributed by atoms with Crippen molar-refractivity contribution < 1.29 is 18.7 Å². The summed E-state index contributed by atoms with van der Waals surface area (Å²) in [4.78, 5) is 20.1. The lowest BCUT2D eigenvalue weighted by molar-refractivity contribution is 0.0591. The van der Waals surface area contributed by atoms with Crippen LogP contribution in [0.1, 0.15) is 59.5 Å². The zero-order valence-corrected chi connectivity index (χ0v) is 23.9. The van der Waals surface area contributed by atoms with Gasteiger partial charge >= 0.3 is 0 Å². The van der Waals surface area contributed by atoms with Crippen molar-refractivity contribution in [3.8, 4) is 11.5 Å². The van der Waals surface area contributed by atoms with Gasteiger partial charge in [0.1, 0.15) is 5.76 Å². The van der Waals surface area contributed by atoms with E-state index in [0.717, 1.165) is 54.5 Å². The van der Waals surface area contributed by atoms with Crippen LogP contribution in [0.2, 0.25) is 0 Å². The number of hydrogen-bond donors (Lipinski definition) is 0. The van der Waals surface area contributed by atoms with Gasteiger partial charge in [-0.2, -0.15) is 0 Å². The van der Waals surface area contributed by atoms with E-state index in [2.05, 4.69) is 62.1 Å². The molecule has 1 aliphatic carbocycles. The molecule has 0 atom stereocenters. The number of ether oxygens (including phenoxy) is 2. The number of hydrogen-bond acceptors (Lipinski definition) is 6. The van der Waals surface area contributed by atoms with Crippen LogP contribution in [0.4, 0.5) is 0 Å². The first kappa shape index (κ1) is 26.4. The molecule has 1 amide bonds. The fourth-order valence-electron chi connectivity index (χ4n) is 5.93. The maximum absolute atomic E-state index is 13.3. The van der Waals surface area contributed by atoms with Gasteiger partial charge in [0.2, 0.25) is 6.79 Å². The molecule has 3 aromatic rings. The van der Waals surface area contributed by atoms with Crippen molar-refractivity contribution in [3.63, 3.8) is 0 Å². The Morgan fingerprint density at radius 2 is 1.59 bits per heavy atom. The fourth-order valence-corrected chi connectivity index (χ4v) is 6.19. The van der Waals surface area contributed by atoms with Gasteiger partial charge in [-0.1, -0.05) is 53.4 Å². The van der Waals surface area contributed by atoms with Gasteiger partial charge in [-0.15, -0.1) is 0 Å². The number of fused-ring (bicyclic) bond motifs is 1. The van der Waals surface area contributed by atoms with Gasteiger partial charge in [0.05, 0.1) is 6.54 Å². The summed E-state index contributed by atoms with van der Waals surface area (Å²) in [6.45, 7) is 5.77. The van der Waals surface area contributed by atoms with Crippen LogP contribution in [-0.4, -0.2) is 59.6 Å². The minimum absolute atomic E-state index is 0.0129. The molecule has 2 aromatic carbocycles. The van der Waals surface area contributed by atoms with Crippen LogP contribution in [0, 0.1) is 0 Å². The molecule has 6 rings (SSSR count). The second-order valence-corrected chi connectivity index (χ2v) is 11.8. The highest BCUT2D eigenvalue weighted by Gasteiger charge is 2.27. The molecule has 1 aromatic heterocycles. The van der Waals surface area contributed by atoms with E-state index < -0.39 is 0 Å². The second kappa shape index (κ2) is 12.1. The molecule has 7 nitrogen and oxygen atoms in total. The Labute approximate surface area is 238 Å². The summed E-state index contributed by atoms with van der Waals surface area (Å²) in [5.41, 5.74) is 2.49. The molecule has 0 N–H and O–H groups in total. The summed E-state index contributed by atoms with van der Waals surface area (Å²) in [6, 6.07) is 19.1. The van der Waals surface area contributed by atoms with E-state index in [9.17, 15) is 4.79 Å². The van der Waals surface area contributed by atoms with Crippen LogP contribution in [-0.2, 0) is 19.6 Å². The van der Waals surface area contributed by atoms with Gasteiger partial charge in [0, 0.05) is 49.8 Å². The molecule has 3 aliphatic rings. The Kier molecular flexibility index (Phi) is 8.23. The molecular weight excluding hydrogens is 558 g/mol. The van der Waals surface area contributed by atoms with Crippen LogP contribution < -0.4 is 9.47 Å². The van der Waals surface area contributed by atoms with Crippen molar-refractivity contribution in [2.75, 3.05) is 33.0 Å². The smallest absolute Gasteiger partial charge is 0.289 e. The molecular formula is C31H36BrN3O4. The number of halogens is 1. The van der Waals surface area contributed by atoms with Gasteiger partial charge in [0.25, 0.3) is 5.91 Å². The van der Waals surface area contributed by atoms with E-state index in [1.807, 2.05) is 23.1 Å². The number of nitrogens with zero attached hydrogens (tertiary/aromatic N) is 3. The first-order chi connectivity index (χ1) is 19.1. The molecule has 2 aliphatic heterocycles. The maximum Gasteiger partial charge on any atom is 0.289 e. The quantitative estimate of drug-likeness (QED) is 0.316. The monoisotopic (exact) mass is 593 g/mol. The number of carbonyl (C=O) groups is 1. The highest BCUT2D eigenvalue weighted by atomic mass is 79.9. The molecule has 206 valence electrons. The number of amides is 1. The third-order valence-corrected chi connectivity index (χ3v) is 8.65. The van der Waals surface area contributed by atoms with Gasteiger partial charge < -0.3 is 18.8 Å². The molecule has 39 heavy (non-hydrogen) atoms. The number of furan rings is 1. The zero-order valence-electron chi connectivity index (χ0n) is 22.3. The summed E-state index contributed by atoms with van der Waals surface area (Å²) < 4.78 is 18.2. The minimum Gasteiger partial charge on any atom is -0.455 e. The normalized spacial score (nSPS) is 18.2. The minimum atomic E-state index is -0.0129. The maximum atomic E-state index is 13.3. The van der Waals surface area contributed by atoms with Gasteiger partial charge in [-0.05, 0) is 60.4 Å². The Bertz CT molecular complexity index is 1260. The number of piperazine rings is 1. The van der Waals surface area contributed by atoms with Gasteiger partial charge in [0.15, 0.2) is 17.3 Å². The second-order valence-electron chi connectivity index (χ2n) is 10.8. The van der Waals surface area contributed by atoms with Crippen LogP contribution in [0.5, 0.6) is 11.5 Å². The van der Waals surface area contributed by atoms with E-state index in [-0.39, 0.29) is 12.7 Å². The number of rotatable bonds is 8. The predicted molar refractivity (Wildman–Crippen MR) is 153 cm³/mol. The summed E-state index contributed by atoms with van der Waals surface area (Å²) in [6.07, 6.45) is 6.33. The zero-order chi connectivity index (χ0) is 26.6. The molecule has 0 spiro atoms. The standard InChI is InChI=1S/C31H36BrN3O4/c32-25-9-6-23(7-10-25)20-35(26-4-2-1-3-5-26)21-27-11-13-29(39-27)31(36)34-16-14-33(15-17-34)19-24-8-12-28-30(18-24)38-22-37-28/h6-13,18,26H,1-5,14-17,19-22H2. The SMILES string of the molecule is O=C(c1ccc(CN(Cc2ccc(Br)cc2)C2CCCCC2)o1)N1CCN(Cc2ccc3c(c2)OCO3)CC1. The Balaban J connectivity index is 1.05. The largest absolute Gasteiger partial charge is 0.455 e. The summed E-state index contributed by atoms with van der Waals surface area (Å²) in [5.74, 6) is 2.92. The Hall–Kier alpha value is -2.81. The van der Waals surface area contributed by atoms with Crippen LogP contribution in [0.25, 0.3) is 0 Å². The van der Waals surface area contributed by atoms with E-state index in [4.69, 9.17) is 13.9 Å². The van der Waals surface area contributed by atoms with Crippen LogP contribution in [0.3, 0.4) is 0 Å². The number of benzene rings is 2. The van der Waals surface area contributed by atoms with E-state index in [1.54, 1.807) is 0 Å². The van der Waals surface area contributed by atoms with Gasteiger partial charge in [-0.3, -0.25) is 14.6 Å². The predicted octanol–water partition coefficient (Wildman–Crippen LogP) is 6.06. The summed E-state index contributed by atoms with van der Waals surface area (Å²) in [5, 5.41) is 0. The molecule has 0 radical (unpaired) electrons. The molecule has 8 heteroatoms. The summed E-state index contributed by atoms with van der Waals surface area (Å²) >= 11 is 3.54. The topological polar surface area (TPSA) is 58.4 Å². The molecule has 3 heterocycles. The lowest BCUT2D eigenvalue weighted by Gasteiger charge is -2.34. The van der Waals surface area contributed by atoms with Crippen molar-refractivity contribution in [2.45, 2.75) is 57.8 Å². The van der Waals surface area contributed by atoms with Crippen LogP contribution in [0.15, 0.2) is 63.5 Å². The van der Waals surface area contributed by atoms with Crippen molar-refractivity contribution >= 4 is 21.8 Å². The Morgan fingerprint density at radius 3 is 2.38 bits per heavy atom.